The summed E-state index contributed by atoms with van der Waals surface area (Å²) in [5, 5.41) is 14.0. The van der Waals surface area contributed by atoms with E-state index in [1.54, 1.807) is 25.1 Å². The van der Waals surface area contributed by atoms with E-state index in [-0.39, 0.29) is 18.6 Å². The molecule has 3 rings (SSSR count). The molecule has 1 aliphatic rings. The summed E-state index contributed by atoms with van der Waals surface area (Å²) in [6, 6.07) is 3.87. The lowest BCUT2D eigenvalue weighted by atomic mass is 10.1. The van der Waals surface area contributed by atoms with Crippen molar-refractivity contribution in [2.24, 2.45) is 7.05 Å². The Balaban J connectivity index is 1.73. The predicted octanol–water partition coefficient (Wildman–Crippen LogP) is 1.68. The van der Waals surface area contributed by atoms with Crippen molar-refractivity contribution in [1.82, 2.24) is 19.6 Å². The number of nitrogens with zero attached hydrogens (tertiary/aromatic N) is 4. The van der Waals surface area contributed by atoms with Crippen LogP contribution in [0.2, 0.25) is 5.02 Å². The van der Waals surface area contributed by atoms with Gasteiger partial charge in [-0.25, -0.2) is 0 Å². The van der Waals surface area contributed by atoms with Crippen LogP contribution in [0.5, 0.6) is 0 Å². The molecule has 8 heteroatoms. The van der Waals surface area contributed by atoms with Crippen LogP contribution in [0.15, 0.2) is 22.8 Å². The molecule has 0 aliphatic carbocycles. The van der Waals surface area contributed by atoms with Gasteiger partial charge in [-0.15, -0.1) is 0 Å². The van der Waals surface area contributed by atoms with Gasteiger partial charge in [0, 0.05) is 39.3 Å². The number of aromatic nitrogens is 2. The Hall–Kier alpha value is -1.83. The number of furan rings is 1. The fourth-order valence-electron chi connectivity index (χ4n) is 3.33. The van der Waals surface area contributed by atoms with Gasteiger partial charge in [0.15, 0.2) is 0 Å². The van der Waals surface area contributed by atoms with Crippen LogP contribution in [0.1, 0.15) is 28.4 Å². The molecule has 25 heavy (non-hydrogen) atoms. The van der Waals surface area contributed by atoms with Crippen LogP contribution in [0.25, 0.3) is 0 Å². The fraction of sp³-hybridized carbons (Fsp3) is 0.529. The molecule has 0 bridgehead atoms. The minimum Gasteiger partial charge on any atom is -0.468 e. The van der Waals surface area contributed by atoms with Gasteiger partial charge in [0.2, 0.25) is 0 Å². The number of aliphatic hydroxyl groups is 1. The molecule has 1 fully saturated rings. The van der Waals surface area contributed by atoms with Gasteiger partial charge < -0.3 is 14.4 Å². The Kier molecular flexibility index (Phi) is 5.46. The number of rotatable bonds is 5. The Bertz CT molecular complexity index is 729. The van der Waals surface area contributed by atoms with E-state index in [1.165, 1.54) is 4.68 Å². The molecule has 0 unspecified atom stereocenters. The first-order valence-corrected chi connectivity index (χ1v) is 8.74. The van der Waals surface area contributed by atoms with E-state index >= 15 is 0 Å². The highest BCUT2D eigenvalue weighted by atomic mass is 35.5. The second-order valence-corrected chi connectivity index (χ2v) is 6.72. The van der Waals surface area contributed by atoms with E-state index in [4.69, 9.17) is 16.0 Å². The number of carbonyl (C=O) groups is 1. The minimum absolute atomic E-state index is 0.0703. The number of amides is 1. The quantitative estimate of drug-likeness (QED) is 0.871. The normalized spacial score (nSPS) is 18.7. The number of halogens is 1. The van der Waals surface area contributed by atoms with E-state index in [0.717, 1.165) is 5.76 Å². The van der Waals surface area contributed by atoms with Crippen molar-refractivity contribution in [3.8, 4) is 0 Å². The molecule has 1 amide bonds. The Morgan fingerprint density at radius 3 is 2.88 bits per heavy atom. The SMILES string of the molecule is Cc1nn(C)c(C(=O)N2CCN(Cc3ccco3)[C@@H](CCO)C2)c1Cl. The molecule has 7 nitrogen and oxygen atoms in total. The van der Waals surface area contributed by atoms with E-state index < -0.39 is 0 Å². The molecule has 1 N–H and O–H groups in total. The van der Waals surface area contributed by atoms with Gasteiger partial charge in [-0.2, -0.15) is 5.10 Å². The third kappa shape index (κ3) is 3.73. The Labute approximate surface area is 151 Å². The van der Waals surface area contributed by atoms with Crippen LogP contribution in [0.4, 0.5) is 0 Å². The maximum atomic E-state index is 12.9. The number of hydrogen-bond acceptors (Lipinski definition) is 5. The molecule has 0 spiro atoms. The van der Waals surface area contributed by atoms with E-state index in [9.17, 15) is 9.90 Å². The van der Waals surface area contributed by atoms with Crippen molar-refractivity contribution in [1.29, 1.82) is 0 Å². The van der Waals surface area contributed by atoms with Crippen LogP contribution in [0, 0.1) is 6.92 Å². The van der Waals surface area contributed by atoms with Gasteiger partial charge in [0.1, 0.15) is 11.5 Å². The first-order valence-electron chi connectivity index (χ1n) is 8.37. The summed E-state index contributed by atoms with van der Waals surface area (Å²) in [6.07, 6.45) is 2.26. The third-order valence-electron chi connectivity index (χ3n) is 4.64. The average molecular weight is 367 g/mol. The highest BCUT2D eigenvalue weighted by Gasteiger charge is 2.32. The maximum Gasteiger partial charge on any atom is 0.273 e. The lowest BCUT2D eigenvalue weighted by molar-refractivity contribution is 0.0365. The second-order valence-electron chi connectivity index (χ2n) is 6.34. The standard InChI is InChI=1S/C17H23ClN4O3/c1-12-15(18)16(20(2)19-12)17(24)22-7-6-21(13(10-22)5-8-23)11-14-4-3-9-25-14/h3-4,9,13,23H,5-8,10-11H2,1-2H3/t13-/m0/s1. The van der Waals surface area contributed by atoms with Crippen LogP contribution in [0.3, 0.4) is 0 Å². The van der Waals surface area contributed by atoms with Gasteiger partial charge in [-0.1, -0.05) is 11.6 Å². The van der Waals surface area contributed by atoms with Gasteiger partial charge in [0.05, 0.1) is 23.5 Å². The molecule has 0 aromatic carbocycles. The summed E-state index contributed by atoms with van der Waals surface area (Å²) >= 11 is 6.26. The van der Waals surface area contributed by atoms with Crippen LogP contribution in [-0.4, -0.2) is 62.9 Å². The van der Waals surface area contributed by atoms with Crippen LogP contribution >= 0.6 is 11.6 Å². The van der Waals surface area contributed by atoms with E-state index in [1.807, 2.05) is 12.1 Å². The molecule has 0 saturated carbocycles. The highest BCUT2D eigenvalue weighted by Crippen LogP contribution is 2.23. The van der Waals surface area contributed by atoms with Gasteiger partial charge in [-0.3, -0.25) is 14.4 Å². The van der Waals surface area contributed by atoms with Gasteiger partial charge >= 0.3 is 0 Å². The Morgan fingerprint density at radius 1 is 1.48 bits per heavy atom. The van der Waals surface area contributed by atoms with Crippen LogP contribution < -0.4 is 0 Å². The topological polar surface area (TPSA) is 74.7 Å². The molecule has 0 radical (unpaired) electrons. The monoisotopic (exact) mass is 366 g/mol. The number of aryl methyl sites for hydroxylation is 2. The first-order chi connectivity index (χ1) is 12.0. The number of carbonyl (C=O) groups excluding carboxylic acids is 1. The second kappa shape index (κ2) is 7.59. The van der Waals surface area contributed by atoms with Gasteiger partial charge in [-0.05, 0) is 25.5 Å². The zero-order valence-electron chi connectivity index (χ0n) is 14.5. The van der Waals surface area contributed by atoms with Crippen molar-refractivity contribution >= 4 is 17.5 Å². The molecular formula is C17H23ClN4O3. The summed E-state index contributed by atoms with van der Waals surface area (Å²) in [4.78, 5) is 16.9. The Morgan fingerprint density at radius 2 is 2.28 bits per heavy atom. The molecule has 1 aliphatic heterocycles. The summed E-state index contributed by atoms with van der Waals surface area (Å²) in [5.74, 6) is 0.765. The molecule has 3 heterocycles. The molecule has 136 valence electrons. The molecule has 2 aromatic rings. The van der Waals surface area contributed by atoms with Crippen molar-refractivity contribution in [2.75, 3.05) is 26.2 Å². The summed E-state index contributed by atoms with van der Waals surface area (Å²) in [6.45, 7) is 4.39. The highest BCUT2D eigenvalue weighted by molar-refractivity contribution is 6.34. The average Bonchev–Trinajstić information content (AvgIpc) is 3.17. The van der Waals surface area contributed by atoms with Crippen molar-refractivity contribution in [2.45, 2.75) is 25.9 Å². The predicted molar refractivity (Wildman–Crippen MR) is 93.5 cm³/mol. The number of piperazine rings is 1. The van der Waals surface area contributed by atoms with Gasteiger partial charge in [0.25, 0.3) is 5.91 Å². The zero-order valence-corrected chi connectivity index (χ0v) is 15.2. The minimum atomic E-state index is -0.117. The summed E-state index contributed by atoms with van der Waals surface area (Å²) < 4.78 is 6.96. The van der Waals surface area contributed by atoms with Crippen molar-refractivity contribution in [3.63, 3.8) is 0 Å². The lowest BCUT2D eigenvalue weighted by Gasteiger charge is -2.41. The van der Waals surface area contributed by atoms with Crippen LogP contribution in [-0.2, 0) is 13.6 Å². The smallest absolute Gasteiger partial charge is 0.273 e. The van der Waals surface area contributed by atoms with E-state index in [2.05, 4.69) is 10.00 Å². The van der Waals surface area contributed by atoms with Crippen molar-refractivity contribution in [3.05, 3.63) is 40.6 Å². The maximum absolute atomic E-state index is 12.9. The van der Waals surface area contributed by atoms with E-state index in [0.29, 0.717) is 49.0 Å². The largest absolute Gasteiger partial charge is 0.468 e. The number of hydrogen-bond donors (Lipinski definition) is 1. The molecule has 2 aromatic heterocycles. The first kappa shape index (κ1) is 18.0. The molecular weight excluding hydrogens is 344 g/mol. The fourth-order valence-corrected chi connectivity index (χ4v) is 3.57. The molecule has 1 saturated heterocycles. The lowest BCUT2D eigenvalue weighted by Crippen LogP contribution is -2.54. The van der Waals surface area contributed by atoms with Crippen molar-refractivity contribution < 1.29 is 14.3 Å². The zero-order chi connectivity index (χ0) is 18.0. The molecule has 1 atom stereocenters. The third-order valence-corrected chi connectivity index (χ3v) is 5.10. The summed E-state index contributed by atoms with van der Waals surface area (Å²) in [5.41, 5.74) is 1.07. The number of aliphatic hydroxyl groups excluding tert-OH is 1. The summed E-state index contributed by atoms with van der Waals surface area (Å²) in [7, 11) is 1.73.